The maximum atomic E-state index is 12.4. The Hall–Kier alpha value is -1.90. The number of carbonyl (C=O) groups excluding carboxylic acids is 1. The average molecular weight is 413 g/mol. The quantitative estimate of drug-likeness (QED) is 0.753. The summed E-state index contributed by atoms with van der Waals surface area (Å²) < 4.78 is 25.0. The van der Waals surface area contributed by atoms with Crippen molar-refractivity contribution < 1.29 is 13.2 Å². The molecule has 7 nitrogen and oxygen atoms in total. The first-order chi connectivity index (χ1) is 12.4. The van der Waals surface area contributed by atoms with E-state index < -0.39 is 9.84 Å². The molecule has 1 unspecified atom stereocenters. The summed E-state index contributed by atoms with van der Waals surface area (Å²) in [5.74, 6) is -0.302. The summed E-state index contributed by atoms with van der Waals surface area (Å²) in [5.41, 5.74) is 1.87. The fraction of sp³-hybridized carbons (Fsp3) is 0.444. The highest BCUT2D eigenvalue weighted by atomic mass is 35.5. The molecule has 0 saturated carbocycles. The third-order valence-electron chi connectivity index (χ3n) is 4.46. The Morgan fingerprint density at radius 2 is 2.04 bits per heavy atom. The number of nitrogens with zero attached hydrogens (tertiary/aromatic N) is 2. The van der Waals surface area contributed by atoms with Crippen molar-refractivity contribution in [3.63, 3.8) is 0 Å². The van der Waals surface area contributed by atoms with Crippen LogP contribution in [-0.4, -0.2) is 43.5 Å². The zero-order valence-electron chi connectivity index (χ0n) is 15.2. The van der Waals surface area contributed by atoms with Gasteiger partial charge in [-0.15, -0.1) is 12.4 Å². The number of amides is 1. The van der Waals surface area contributed by atoms with E-state index in [9.17, 15) is 13.2 Å². The molecule has 0 spiro atoms. The first kappa shape index (κ1) is 21.4. The molecular formula is C18H25ClN4O3S. The molecule has 27 heavy (non-hydrogen) atoms. The van der Waals surface area contributed by atoms with Crippen molar-refractivity contribution >= 4 is 28.2 Å². The molecule has 2 N–H and O–H groups in total. The molecule has 1 aromatic carbocycles. The number of piperidine rings is 1. The van der Waals surface area contributed by atoms with E-state index >= 15 is 0 Å². The molecule has 1 atom stereocenters. The number of halogens is 1. The topological polar surface area (TPSA) is 93.1 Å². The number of nitrogens with one attached hydrogen (secondary N) is 2. The van der Waals surface area contributed by atoms with Crippen LogP contribution in [0.1, 0.15) is 40.5 Å². The monoisotopic (exact) mass is 412 g/mol. The SMILES string of the molecule is CS(=O)(=O)Cc1ccccc1CNC(=O)c1ccn(C2CCCNC2)n1.Cl. The van der Waals surface area contributed by atoms with Gasteiger partial charge < -0.3 is 10.6 Å². The highest BCUT2D eigenvalue weighted by molar-refractivity contribution is 7.89. The van der Waals surface area contributed by atoms with Crippen LogP contribution in [0.4, 0.5) is 0 Å². The third-order valence-corrected chi connectivity index (χ3v) is 5.30. The average Bonchev–Trinajstić information content (AvgIpc) is 3.10. The lowest BCUT2D eigenvalue weighted by Gasteiger charge is -2.22. The first-order valence-corrected chi connectivity index (χ1v) is 10.8. The van der Waals surface area contributed by atoms with Crippen LogP contribution < -0.4 is 10.6 Å². The van der Waals surface area contributed by atoms with E-state index in [0.717, 1.165) is 31.5 Å². The van der Waals surface area contributed by atoms with E-state index in [1.807, 2.05) is 23.0 Å². The van der Waals surface area contributed by atoms with E-state index in [2.05, 4.69) is 15.7 Å². The summed E-state index contributed by atoms with van der Waals surface area (Å²) in [7, 11) is -3.13. The minimum absolute atomic E-state index is 0. The van der Waals surface area contributed by atoms with Crippen molar-refractivity contribution in [3.05, 3.63) is 53.3 Å². The molecule has 0 aliphatic carbocycles. The smallest absolute Gasteiger partial charge is 0.272 e. The number of carbonyl (C=O) groups is 1. The maximum Gasteiger partial charge on any atom is 0.272 e. The predicted molar refractivity (Wildman–Crippen MR) is 107 cm³/mol. The molecule has 3 rings (SSSR count). The fourth-order valence-corrected chi connectivity index (χ4v) is 3.99. The lowest BCUT2D eigenvalue weighted by Crippen LogP contribution is -2.32. The van der Waals surface area contributed by atoms with E-state index in [4.69, 9.17) is 0 Å². The molecule has 1 aliphatic rings. The summed E-state index contributed by atoms with van der Waals surface area (Å²) >= 11 is 0. The van der Waals surface area contributed by atoms with Crippen LogP contribution in [-0.2, 0) is 22.1 Å². The Balaban J connectivity index is 0.00000261. The number of rotatable bonds is 6. The number of aromatic nitrogens is 2. The lowest BCUT2D eigenvalue weighted by molar-refractivity contribution is 0.0944. The molecule has 2 heterocycles. The number of hydrogen-bond acceptors (Lipinski definition) is 5. The van der Waals surface area contributed by atoms with Gasteiger partial charge in [0.1, 0.15) is 5.69 Å². The number of benzene rings is 1. The van der Waals surface area contributed by atoms with E-state index in [1.165, 1.54) is 6.26 Å². The first-order valence-electron chi connectivity index (χ1n) is 8.71. The van der Waals surface area contributed by atoms with Crippen LogP contribution in [0.25, 0.3) is 0 Å². The van der Waals surface area contributed by atoms with E-state index in [0.29, 0.717) is 11.3 Å². The van der Waals surface area contributed by atoms with Crippen molar-refractivity contribution in [2.75, 3.05) is 19.3 Å². The standard InChI is InChI=1S/C18H24N4O3S.ClH/c1-26(24,25)13-15-6-3-2-5-14(15)11-20-18(23)17-8-10-22(21-17)16-7-4-9-19-12-16;/h2-3,5-6,8,10,16,19H,4,7,9,11-13H2,1H3,(H,20,23);1H. The van der Waals surface area contributed by atoms with Crippen LogP contribution in [0.15, 0.2) is 36.5 Å². The normalized spacial score (nSPS) is 17.1. The van der Waals surface area contributed by atoms with Gasteiger partial charge >= 0.3 is 0 Å². The highest BCUT2D eigenvalue weighted by Gasteiger charge is 2.18. The highest BCUT2D eigenvalue weighted by Crippen LogP contribution is 2.16. The van der Waals surface area contributed by atoms with E-state index in [1.54, 1.807) is 18.2 Å². The van der Waals surface area contributed by atoms with Gasteiger partial charge in [0.05, 0.1) is 11.8 Å². The Morgan fingerprint density at radius 3 is 2.70 bits per heavy atom. The number of hydrogen-bond donors (Lipinski definition) is 2. The zero-order valence-corrected chi connectivity index (χ0v) is 16.9. The second-order valence-corrected chi connectivity index (χ2v) is 8.84. The summed E-state index contributed by atoms with van der Waals surface area (Å²) in [5, 5.41) is 10.6. The Morgan fingerprint density at radius 1 is 1.30 bits per heavy atom. The predicted octanol–water partition coefficient (Wildman–Crippen LogP) is 1.70. The third kappa shape index (κ3) is 6.05. The molecule has 1 fully saturated rings. The number of sulfone groups is 1. The largest absolute Gasteiger partial charge is 0.347 e. The van der Waals surface area contributed by atoms with Crippen LogP contribution in [0.2, 0.25) is 0 Å². The minimum Gasteiger partial charge on any atom is -0.347 e. The molecular weight excluding hydrogens is 388 g/mol. The second kappa shape index (κ2) is 9.34. The van der Waals surface area contributed by atoms with Gasteiger partial charge in [-0.2, -0.15) is 5.10 Å². The van der Waals surface area contributed by atoms with Gasteiger partial charge in [-0.05, 0) is 36.6 Å². The molecule has 9 heteroatoms. The van der Waals surface area contributed by atoms with Crippen molar-refractivity contribution in [1.82, 2.24) is 20.4 Å². The Labute approximate surface area is 165 Å². The summed E-state index contributed by atoms with van der Waals surface area (Å²) in [6.07, 6.45) is 5.19. The van der Waals surface area contributed by atoms with Crippen molar-refractivity contribution in [1.29, 1.82) is 0 Å². The van der Waals surface area contributed by atoms with Gasteiger partial charge in [-0.25, -0.2) is 8.42 Å². The van der Waals surface area contributed by atoms with Crippen molar-refractivity contribution in [2.45, 2.75) is 31.2 Å². The van der Waals surface area contributed by atoms with Gasteiger partial charge in [0, 0.05) is 25.5 Å². The molecule has 1 amide bonds. The fourth-order valence-electron chi connectivity index (χ4n) is 3.14. The van der Waals surface area contributed by atoms with Gasteiger partial charge in [-0.1, -0.05) is 24.3 Å². The molecule has 0 bridgehead atoms. The Kier molecular flexibility index (Phi) is 7.41. The molecule has 1 saturated heterocycles. The summed E-state index contributed by atoms with van der Waals surface area (Å²) in [6.45, 7) is 2.15. The summed E-state index contributed by atoms with van der Waals surface area (Å²) in [6, 6.07) is 9.22. The Bertz CT molecular complexity index is 876. The van der Waals surface area contributed by atoms with Gasteiger partial charge in [-0.3, -0.25) is 9.48 Å². The second-order valence-electron chi connectivity index (χ2n) is 6.70. The summed E-state index contributed by atoms with van der Waals surface area (Å²) in [4.78, 5) is 12.4. The molecule has 148 valence electrons. The van der Waals surface area contributed by atoms with Crippen molar-refractivity contribution in [2.24, 2.45) is 0 Å². The van der Waals surface area contributed by atoms with E-state index in [-0.39, 0.29) is 36.7 Å². The van der Waals surface area contributed by atoms with Crippen LogP contribution in [0, 0.1) is 0 Å². The molecule has 1 aromatic heterocycles. The van der Waals surface area contributed by atoms with Gasteiger partial charge in [0.2, 0.25) is 0 Å². The van der Waals surface area contributed by atoms with Crippen molar-refractivity contribution in [3.8, 4) is 0 Å². The molecule has 2 aromatic rings. The lowest BCUT2D eigenvalue weighted by atomic mass is 10.1. The van der Waals surface area contributed by atoms with Crippen LogP contribution in [0.3, 0.4) is 0 Å². The zero-order chi connectivity index (χ0) is 18.6. The van der Waals surface area contributed by atoms with Crippen LogP contribution >= 0.6 is 12.4 Å². The van der Waals surface area contributed by atoms with Crippen LogP contribution in [0.5, 0.6) is 0 Å². The molecule has 1 aliphatic heterocycles. The minimum atomic E-state index is -3.13. The maximum absolute atomic E-state index is 12.4. The molecule has 0 radical (unpaired) electrons. The van der Waals surface area contributed by atoms with Gasteiger partial charge in [0.15, 0.2) is 9.84 Å². The van der Waals surface area contributed by atoms with Gasteiger partial charge in [0.25, 0.3) is 5.91 Å².